The van der Waals surface area contributed by atoms with Crippen LogP contribution in [0.15, 0.2) is 36.4 Å². The molecule has 2 aromatic rings. The fourth-order valence-electron chi connectivity index (χ4n) is 2.13. The van der Waals surface area contributed by atoms with Gasteiger partial charge >= 0.3 is 0 Å². The van der Waals surface area contributed by atoms with Crippen LogP contribution in [0, 0.1) is 0 Å². The van der Waals surface area contributed by atoms with E-state index in [0.717, 1.165) is 37.3 Å². The third-order valence-electron chi connectivity index (χ3n) is 2.98. The van der Waals surface area contributed by atoms with Gasteiger partial charge in [0.1, 0.15) is 0 Å². The molecule has 3 heteroatoms. The van der Waals surface area contributed by atoms with Crippen LogP contribution in [0.25, 0.3) is 10.9 Å². The molecule has 96 valence electrons. The molecule has 1 aromatic heterocycles. The van der Waals surface area contributed by atoms with Gasteiger partial charge in [-0.1, -0.05) is 31.2 Å². The van der Waals surface area contributed by atoms with Crippen molar-refractivity contribution < 1.29 is 0 Å². The third kappa shape index (κ3) is 3.44. The molecule has 0 bridgehead atoms. The minimum Gasteiger partial charge on any atom is -0.296 e. The molecule has 1 heterocycles. The van der Waals surface area contributed by atoms with Gasteiger partial charge in [-0.25, -0.2) is 0 Å². The van der Waals surface area contributed by atoms with Crippen molar-refractivity contribution in [2.75, 3.05) is 19.0 Å². The first-order valence-corrected chi connectivity index (χ1v) is 7.00. The van der Waals surface area contributed by atoms with Crippen LogP contribution in [0.5, 0.6) is 0 Å². The molecule has 0 saturated heterocycles. The Labute approximate surface area is 114 Å². The highest BCUT2D eigenvalue weighted by Crippen LogP contribution is 2.13. The second kappa shape index (κ2) is 6.72. The third-order valence-corrected chi connectivity index (χ3v) is 3.15. The SMILES string of the molecule is CCCN(CCCl)Cc1ccc2ccccc2n1. The van der Waals surface area contributed by atoms with E-state index >= 15 is 0 Å². The van der Waals surface area contributed by atoms with E-state index in [0.29, 0.717) is 5.88 Å². The molecule has 0 spiro atoms. The van der Waals surface area contributed by atoms with Crippen molar-refractivity contribution in [3.8, 4) is 0 Å². The van der Waals surface area contributed by atoms with Gasteiger partial charge in [0.15, 0.2) is 0 Å². The number of hydrogen-bond acceptors (Lipinski definition) is 2. The zero-order valence-electron chi connectivity index (χ0n) is 10.8. The van der Waals surface area contributed by atoms with Crippen molar-refractivity contribution >= 4 is 22.5 Å². The number of halogens is 1. The quantitative estimate of drug-likeness (QED) is 0.738. The van der Waals surface area contributed by atoms with Crippen molar-refractivity contribution in [3.63, 3.8) is 0 Å². The first-order valence-electron chi connectivity index (χ1n) is 6.46. The van der Waals surface area contributed by atoms with E-state index in [4.69, 9.17) is 16.6 Å². The number of nitrogens with zero attached hydrogens (tertiary/aromatic N) is 2. The number of hydrogen-bond donors (Lipinski definition) is 0. The Kier molecular flexibility index (Phi) is 4.97. The van der Waals surface area contributed by atoms with Crippen molar-refractivity contribution in [2.45, 2.75) is 19.9 Å². The summed E-state index contributed by atoms with van der Waals surface area (Å²) in [6.45, 7) is 5.06. The summed E-state index contributed by atoms with van der Waals surface area (Å²) in [7, 11) is 0. The Hall–Kier alpha value is -1.12. The number of rotatable bonds is 6. The van der Waals surface area contributed by atoms with Crippen LogP contribution in [-0.2, 0) is 6.54 Å². The molecular weight excluding hydrogens is 244 g/mol. The molecule has 0 fully saturated rings. The van der Waals surface area contributed by atoms with Gasteiger partial charge < -0.3 is 0 Å². The molecule has 0 N–H and O–H groups in total. The molecule has 2 rings (SSSR count). The van der Waals surface area contributed by atoms with Crippen LogP contribution in [-0.4, -0.2) is 28.9 Å². The molecule has 0 saturated carbocycles. The lowest BCUT2D eigenvalue weighted by Gasteiger charge is -2.20. The second-order valence-corrected chi connectivity index (χ2v) is 4.84. The Balaban J connectivity index is 2.14. The summed E-state index contributed by atoms with van der Waals surface area (Å²) in [5, 5.41) is 1.20. The fraction of sp³-hybridized carbons (Fsp3) is 0.400. The van der Waals surface area contributed by atoms with Gasteiger partial charge in [-0.3, -0.25) is 9.88 Å². The molecule has 2 nitrogen and oxygen atoms in total. The van der Waals surface area contributed by atoms with Gasteiger partial charge in [0.2, 0.25) is 0 Å². The molecule has 0 atom stereocenters. The Morgan fingerprint density at radius 3 is 2.72 bits per heavy atom. The monoisotopic (exact) mass is 262 g/mol. The highest BCUT2D eigenvalue weighted by molar-refractivity contribution is 6.18. The minimum absolute atomic E-state index is 0.674. The molecule has 0 radical (unpaired) electrons. The zero-order valence-corrected chi connectivity index (χ0v) is 11.5. The van der Waals surface area contributed by atoms with Crippen LogP contribution in [0.2, 0.25) is 0 Å². The maximum Gasteiger partial charge on any atom is 0.0705 e. The number of pyridine rings is 1. The van der Waals surface area contributed by atoms with Gasteiger partial charge in [-0.15, -0.1) is 11.6 Å². The summed E-state index contributed by atoms with van der Waals surface area (Å²) in [5.41, 5.74) is 2.18. The zero-order chi connectivity index (χ0) is 12.8. The summed E-state index contributed by atoms with van der Waals surface area (Å²) in [4.78, 5) is 7.05. The standard InChI is InChI=1S/C15H19ClN2/c1-2-10-18(11-9-16)12-14-8-7-13-5-3-4-6-15(13)17-14/h3-8H,2,9-12H2,1H3. The van der Waals surface area contributed by atoms with E-state index in [1.54, 1.807) is 0 Å². The normalized spacial score (nSPS) is 11.3. The molecule has 1 aromatic carbocycles. The highest BCUT2D eigenvalue weighted by Gasteiger charge is 2.05. The molecule has 0 aliphatic rings. The largest absolute Gasteiger partial charge is 0.296 e. The lowest BCUT2D eigenvalue weighted by Crippen LogP contribution is -2.26. The first kappa shape index (κ1) is 13.3. The fourth-order valence-corrected chi connectivity index (χ4v) is 2.37. The molecule has 0 aliphatic carbocycles. The predicted molar refractivity (Wildman–Crippen MR) is 78.0 cm³/mol. The predicted octanol–water partition coefficient (Wildman–Crippen LogP) is 3.69. The molecule has 0 aliphatic heterocycles. The van der Waals surface area contributed by atoms with Crippen molar-refractivity contribution in [3.05, 3.63) is 42.1 Å². The van der Waals surface area contributed by atoms with Crippen molar-refractivity contribution in [2.24, 2.45) is 0 Å². The number of alkyl halides is 1. The van der Waals surface area contributed by atoms with Crippen molar-refractivity contribution in [1.82, 2.24) is 9.88 Å². The van der Waals surface area contributed by atoms with Gasteiger partial charge in [0.25, 0.3) is 0 Å². The molecular formula is C15H19ClN2. The van der Waals surface area contributed by atoms with Crippen LogP contribution in [0.1, 0.15) is 19.0 Å². The van der Waals surface area contributed by atoms with E-state index in [-0.39, 0.29) is 0 Å². The topological polar surface area (TPSA) is 16.1 Å². The maximum absolute atomic E-state index is 5.83. The summed E-state index contributed by atoms with van der Waals surface area (Å²) >= 11 is 5.83. The summed E-state index contributed by atoms with van der Waals surface area (Å²) < 4.78 is 0. The van der Waals surface area contributed by atoms with Crippen molar-refractivity contribution in [1.29, 1.82) is 0 Å². The Bertz CT molecular complexity index is 493. The number of benzene rings is 1. The Morgan fingerprint density at radius 2 is 1.94 bits per heavy atom. The van der Waals surface area contributed by atoms with E-state index in [9.17, 15) is 0 Å². The molecule has 0 unspecified atom stereocenters. The maximum atomic E-state index is 5.83. The van der Waals surface area contributed by atoms with Gasteiger partial charge in [-0.05, 0) is 25.1 Å². The van der Waals surface area contributed by atoms with Crippen LogP contribution >= 0.6 is 11.6 Å². The second-order valence-electron chi connectivity index (χ2n) is 4.46. The van der Waals surface area contributed by atoms with Crippen LogP contribution in [0.3, 0.4) is 0 Å². The lowest BCUT2D eigenvalue weighted by molar-refractivity contribution is 0.279. The summed E-state index contributed by atoms with van der Waals surface area (Å²) in [5.74, 6) is 0.674. The van der Waals surface area contributed by atoms with E-state index in [1.165, 1.54) is 5.39 Å². The van der Waals surface area contributed by atoms with Crippen LogP contribution in [0.4, 0.5) is 0 Å². The van der Waals surface area contributed by atoms with Gasteiger partial charge in [0, 0.05) is 24.4 Å². The van der Waals surface area contributed by atoms with Crippen LogP contribution < -0.4 is 0 Å². The van der Waals surface area contributed by atoms with E-state index in [1.807, 2.05) is 12.1 Å². The van der Waals surface area contributed by atoms with Gasteiger partial charge in [0.05, 0.1) is 11.2 Å². The molecule has 18 heavy (non-hydrogen) atoms. The average Bonchev–Trinajstić information content (AvgIpc) is 2.39. The average molecular weight is 263 g/mol. The summed E-state index contributed by atoms with van der Waals surface area (Å²) in [6, 6.07) is 12.5. The Morgan fingerprint density at radius 1 is 1.11 bits per heavy atom. The first-order chi connectivity index (χ1) is 8.83. The van der Waals surface area contributed by atoms with Gasteiger partial charge in [-0.2, -0.15) is 0 Å². The van der Waals surface area contributed by atoms with E-state index in [2.05, 4.69) is 36.1 Å². The number of aromatic nitrogens is 1. The van der Waals surface area contributed by atoms with E-state index < -0.39 is 0 Å². The lowest BCUT2D eigenvalue weighted by atomic mass is 10.2. The summed E-state index contributed by atoms with van der Waals surface area (Å²) in [6.07, 6.45) is 1.14. The molecule has 0 amide bonds. The minimum atomic E-state index is 0.674. The highest BCUT2D eigenvalue weighted by atomic mass is 35.5. The number of fused-ring (bicyclic) bond motifs is 1. The smallest absolute Gasteiger partial charge is 0.0705 e. The number of para-hydroxylation sites is 1.